The molecule has 3 rings (SSSR count). The number of alkyl halides is 1. The van der Waals surface area contributed by atoms with Gasteiger partial charge in [0.2, 0.25) is 0 Å². The number of hydrogen-bond donors (Lipinski definition) is 0. The summed E-state index contributed by atoms with van der Waals surface area (Å²) in [5.74, 6) is 1.36. The lowest BCUT2D eigenvalue weighted by Crippen LogP contribution is -2.17. The van der Waals surface area contributed by atoms with Crippen molar-refractivity contribution in [3.63, 3.8) is 0 Å². The number of nitrogens with zero attached hydrogens (tertiary/aromatic N) is 1. The minimum absolute atomic E-state index is 0.302. The number of halogens is 2. The molecule has 1 aromatic heterocycles. The molecular weight excluding hydrogens is 213 g/mol. The highest BCUT2D eigenvalue weighted by Gasteiger charge is 2.46. The van der Waals surface area contributed by atoms with E-state index in [2.05, 4.69) is 4.98 Å². The van der Waals surface area contributed by atoms with Gasteiger partial charge in [0.05, 0.1) is 0 Å². The van der Waals surface area contributed by atoms with E-state index in [1.165, 1.54) is 5.56 Å². The van der Waals surface area contributed by atoms with E-state index >= 15 is 0 Å². The smallest absolute Gasteiger partial charge is 0.129 e. The Morgan fingerprint density at radius 2 is 2.07 bits per heavy atom. The molecule has 2 bridgehead atoms. The molecule has 15 heavy (non-hydrogen) atoms. The monoisotopic (exact) mass is 225 g/mol. The average molecular weight is 226 g/mol. The van der Waals surface area contributed by atoms with Gasteiger partial charge in [0.15, 0.2) is 0 Å². The van der Waals surface area contributed by atoms with Gasteiger partial charge in [0.1, 0.15) is 11.3 Å². The van der Waals surface area contributed by atoms with Crippen LogP contribution in [0.25, 0.3) is 0 Å². The van der Waals surface area contributed by atoms with Crippen LogP contribution in [0.5, 0.6) is 0 Å². The lowest BCUT2D eigenvalue weighted by atomic mass is 9.83. The van der Waals surface area contributed by atoms with Crippen LogP contribution in [-0.2, 0) is 0 Å². The summed E-state index contributed by atoms with van der Waals surface area (Å²) < 4.78 is 13.3. The third-order valence-corrected chi connectivity index (χ3v) is 4.17. The second-order valence-corrected chi connectivity index (χ2v) is 5.15. The molecule has 2 aliphatic rings. The highest BCUT2D eigenvalue weighted by molar-refractivity contribution is 6.29. The number of pyridine rings is 1. The van der Waals surface area contributed by atoms with E-state index < -0.39 is 6.17 Å². The Morgan fingerprint density at radius 1 is 1.20 bits per heavy atom. The molecule has 2 saturated carbocycles. The van der Waals surface area contributed by atoms with Crippen LogP contribution < -0.4 is 0 Å². The van der Waals surface area contributed by atoms with Crippen LogP contribution in [0.2, 0.25) is 5.15 Å². The fourth-order valence-corrected chi connectivity index (χ4v) is 3.33. The summed E-state index contributed by atoms with van der Waals surface area (Å²) in [6, 6.07) is 3.86. The molecule has 0 aliphatic heterocycles. The van der Waals surface area contributed by atoms with Gasteiger partial charge in [0.25, 0.3) is 0 Å². The molecule has 2 fully saturated rings. The number of hydrogen-bond acceptors (Lipinski definition) is 1. The summed E-state index contributed by atoms with van der Waals surface area (Å²) >= 11 is 5.75. The van der Waals surface area contributed by atoms with Gasteiger partial charge in [0, 0.05) is 6.20 Å². The molecule has 3 heteroatoms. The van der Waals surface area contributed by atoms with E-state index in [1.807, 2.05) is 18.3 Å². The first-order chi connectivity index (χ1) is 7.24. The van der Waals surface area contributed by atoms with Gasteiger partial charge >= 0.3 is 0 Å². The van der Waals surface area contributed by atoms with E-state index in [0.717, 1.165) is 19.3 Å². The molecule has 2 aliphatic carbocycles. The zero-order chi connectivity index (χ0) is 10.4. The first kappa shape index (κ1) is 9.59. The van der Waals surface area contributed by atoms with Gasteiger partial charge < -0.3 is 0 Å². The summed E-state index contributed by atoms with van der Waals surface area (Å²) in [5, 5.41) is 0.533. The van der Waals surface area contributed by atoms with Crippen LogP contribution in [0.4, 0.5) is 4.39 Å². The summed E-state index contributed by atoms with van der Waals surface area (Å²) in [7, 11) is 0. The molecule has 0 aromatic carbocycles. The minimum atomic E-state index is -0.550. The maximum atomic E-state index is 13.3. The fraction of sp³-hybridized carbons (Fsp3) is 0.583. The lowest BCUT2D eigenvalue weighted by Gasteiger charge is -2.23. The van der Waals surface area contributed by atoms with Crippen molar-refractivity contribution in [3.05, 3.63) is 29.0 Å². The van der Waals surface area contributed by atoms with Crippen LogP contribution >= 0.6 is 11.6 Å². The second-order valence-electron chi connectivity index (χ2n) is 4.76. The van der Waals surface area contributed by atoms with Crippen LogP contribution in [-0.4, -0.2) is 11.2 Å². The molecule has 4 unspecified atom stereocenters. The molecule has 0 amide bonds. The van der Waals surface area contributed by atoms with Crippen molar-refractivity contribution in [2.24, 2.45) is 11.8 Å². The topological polar surface area (TPSA) is 12.9 Å². The number of fused-ring (bicyclic) bond motifs is 2. The largest absolute Gasteiger partial charge is 0.247 e. The molecule has 0 radical (unpaired) electrons. The van der Waals surface area contributed by atoms with Gasteiger partial charge in [-0.3, -0.25) is 0 Å². The Hall–Kier alpha value is -0.630. The first-order valence-corrected chi connectivity index (χ1v) is 5.87. The zero-order valence-electron chi connectivity index (χ0n) is 8.37. The Bertz CT molecular complexity index is 362. The third-order valence-electron chi connectivity index (χ3n) is 3.95. The van der Waals surface area contributed by atoms with Crippen molar-refractivity contribution >= 4 is 11.6 Å². The molecule has 0 spiro atoms. The van der Waals surface area contributed by atoms with E-state index in [4.69, 9.17) is 11.6 Å². The van der Waals surface area contributed by atoms with Crippen LogP contribution in [0.3, 0.4) is 0 Å². The molecule has 1 nitrogen and oxygen atoms in total. The second kappa shape index (κ2) is 3.44. The Labute approximate surface area is 93.7 Å². The first-order valence-electron chi connectivity index (χ1n) is 5.49. The predicted octanol–water partition coefficient (Wildman–Crippen LogP) is 3.59. The predicted molar refractivity (Wildman–Crippen MR) is 57.7 cm³/mol. The highest BCUT2D eigenvalue weighted by Crippen LogP contribution is 2.53. The Balaban J connectivity index is 1.83. The van der Waals surface area contributed by atoms with Gasteiger partial charge in [-0.1, -0.05) is 17.7 Å². The molecule has 1 heterocycles. The third kappa shape index (κ3) is 1.55. The van der Waals surface area contributed by atoms with E-state index in [-0.39, 0.29) is 0 Å². The molecule has 80 valence electrons. The van der Waals surface area contributed by atoms with Crippen molar-refractivity contribution in [1.29, 1.82) is 0 Å². The summed E-state index contributed by atoms with van der Waals surface area (Å²) in [4.78, 5) is 4.10. The number of aromatic nitrogens is 1. The van der Waals surface area contributed by atoms with Crippen molar-refractivity contribution < 1.29 is 4.39 Å². The van der Waals surface area contributed by atoms with E-state index in [9.17, 15) is 4.39 Å². The van der Waals surface area contributed by atoms with Gasteiger partial charge in [-0.2, -0.15) is 0 Å². The van der Waals surface area contributed by atoms with E-state index in [0.29, 0.717) is 22.9 Å². The van der Waals surface area contributed by atoms with Crippen molar-refractivity contribution in [3.8, 4) is 0 Å². The standard InChI is InChI=1S/C12H13ClFN/c13-12-2-1-7(6-15-12)10-4-9-3-8(10)5-11(9)14/h1-2,6,8-11H,3-5H2. The molecule has 1 aromatic rings. The fourth-order valence-electron chi connectivity index (χ4n) is 3.22. The van der Waals surface area contributed by atoms with Crippen molar-refractivity contribution in [2.75, 3.05) is 0 Å². The van der Waals surface area contributed by atoms with Crippen molar-refractivity contribution in [1.82, 2.24) is 4.98 Å². The minimum Gasteiger partial charge on any atom is -0.247 e. The SMILES string of the molecule is FC1CC2CC1CC2c1ccc(Cl)nc1. The van der Waals surface area contributed by atoms with E-state index in [1.54, 1.807) is 0 Å². The quantitative estimate of drug-likeness (QED) is 0.666. The summed E-state index contributed by atoms with van der Waals surface area (Å²) in [6.07, 6.45) is 4.11. The summed E-state index contributed by atoms with van der Waals surface area (Å²) in [6.45, 7) is 0. The lowest BCUT2D eigenvalue weighted by molar-refractivity contribution is 0.217. The molecule has 0 saturated heterocycles. The van der Waals surface area contributed by atoms with Gasteiger partial charge in [-0.25, -0.2) is 9.37 Å². The Morgan fingerprint density at radius 3 is 2.60 bits per heavy atom. The Kier molecular flexibility index (Phi) is 2.20. The highest BCUT2D eigenvalue weighted by atomic mass is 35.5. The maximum absolute atomic E-state index is 13.3. The summed E-state index contributed by atoms with van der Waals surface area (Å²) in [5.41, 5.74) is 1.24. The van der Waals surface area contributed by atoms with Gasteiger partial charge in [-0.15, -0.1) is 0 Å². The number of rotatable bonds is 1. The van der Waals surface area contributed by atoms with Crippen LogP contribution in [0, 0.1) is 11.8 Å². The normalized spacial score (nSPS) is 38.5. The molecule has 0 N–H and O–H groups in total. The van der Waals surface area contributed by atoms with Crippen LogP contribution in [0.1, 0.15) is 30.7 Å². The zero-order valence-corrected chi connectivity index (χ0v) is 9.12. The molecular formula is C12H13ClFN. The maximum Gasteiger partial charge on any atom is 0.129 e. The van der Waals surface area contributed by atoms with Gasteiger partial charge in [-0.05, 0) is 48.6 Å². The molecule has 4 atom stereocenters. The average Bonchev–Trinajstić information content (AvgIpc) is 2.77. The van der Waals surface area contributed by atoms with Crippen molar-refractivity contribution in [2.45, 2.75) is 31.4 Å². The van der Waals surface area contributed by atoms with Crippen LogP contribution in [0.15, 0.2) is 18.3 Å².